The van der Waals surface area contributed by atoms with Crippen molar-refractivity contribution in [3.05, 3.63) is 40.5 Å². The predicted molar refractivity (Wildman–Crippen MR) is 66.8 cm³/mol. The lowest BCUT2D eigenvalue weighted by molar-refractivity contribution is 0.814. The smallest absolute Gasteiger partial charge is 0.0847 e. The van der Waals surface area contributed by atoms with Gasteiger partial charge < -0.3 is 5.73 Å². The van der Waals surface area contributed by atoms with Crippen molar-refractivity contribution < 1.29 is 0 Å². The van der Waals surface area contributed by atoms with Gasteiger partial charge in [0, 0.05) is 15.6 Å². The van der Waals surface area contributed by atoms with Crippen LogP contribution in [0.1, 0.15) is 12.1 Å². The molecule has 78 valence electrons. The van der Waals surface area contributed by atoms with Gasteiger partial charge in [-0.15, -0.1) is 0 Å². The molecule has 1 aromatic carbocycles. The van der Waals surface area contributed by atoms with Crippen molar-refractivity contribution in [1.82, 2.24) is 4.98 Å². The van der Waals surface area contributed by atoms with Gasteiger partial charge in [-0.05, 0) is 47.4 Å². The summed E-state index contributed by atoms with van der Waals surface area (Å²) >= 11 is 3.51. The number of hydrogen-bond donors (Lipinski definition) is 1. The van der Waals surface area contributed by atoms with Crippen LogP contribution in [-0.4, -0.2) is 11.5 Å². The Kier molecular flexibility index (Phi) is 3.34. The number of pyridine rings is 1. The fraction of sp³-hybridized carbons (Fsp3) is 0.250. The summed E-state index contributed by atoms with van der Waals surface area (Å²) in [7, 11) is 0. The molecular formula is C12H13BrN2. The Morgan fingerprint density at radius 1 is 1.20 bits per heavy atom. The number of rotatable bonds is 3. The van der Waals surface area contributed by atoms with Crippen molar-refractivity contribution >= 4 is 26.8 Å². The van der Waals surface area contributed by atoms with E-state index >= 15 is 0 Å². The summed E-state index contributed by atoms with van der Waals surface area (Å²) in [5.74, 6) is 0. The van der Waals surface area contributed by atoms with Crippen LogP contribution in [0.3, 0.4) is 0 Å². The standard InChI is InChI=1S/C12H13BrN2/c13-11-5-1-3-9-6-7-10(4-2-8-14)15-12(9)11/h1,3,5-7H,2,4,8,14H2. The fourth-order valence-corrected chi connectivity index (χ4v) is 2.04. The van der Waals surface area contributed by atoms with Crippen LogP contribution in [0.5, 0.6) is 0 Å². The molecule has 2 rings (SSSR count). The van der Waals surface area contributed by atoms with E-state index in [1.165, 1.54) is 5.39 Å². The van der Waals surface area contributed by atoms with E-state index < -0.39 is 0 Å². The van der Waals surface area contributed by atoms with Gasteiger partial charge >= 0.3 is 0 Å². The minimum atomic E-state index is 0.718. The van der Waals surface area contributed by atoms with Crippen LogP contribution >= 0.6 is 15.9 Å². The maximum atomic E-state index is 5.48. The quantitative estimate of drug-likeness (QED) is 0.926. The summed E-state index contributed by atoms with van der Waals surface area (Å²) in [4.78, 5) is 4.61. The maximum Gasteiger partial charge on any atom is 0.0847 e. The van der Waals surface area contributed by atoms with Crippen molar-refractivity contribution in [2.45, 2.75) is 12.8 Å². The van der Waals surface area contributed by atoms with Gasteiger partial charge in [0.2, 0.25) is 0 Å². The van der Waals surface area contributed by atoms with Crippen LogP contribution in [0.25, 0.3) is 10.9 Å². The summed E-state index contributed by atoms with van der Waals surface area (Å²) in [6.07, 6.45) is 1.94. The monoisotopic (exact) mass is 264 g/mol. The number of para-hydroxylation sites is 1. The van der Waals surface area contributed by atoms with Gasteiger partial charge in [-0.3, -0.25) is 4.98 Å². The number of aromatic nitrogens is 1. The van der Waals surface area contributed by atoms with Gasteiger partial charge in [0.25, 0.3) is 0 Å². The Morgan fingerprint density at radius 2 is 2.07 bits per heavy atom. The molecule has 0 aliphatic carbocycles. The Hall–Kier alpha value is -0.930. The molecule has 0 aliphatic heterocycles. The summed E-state index contributed by atoms with van der Waals surface area (Å²) in [5, 5.41) is 1.17. The maximum absolute atomic E-state index is 5.48. The zero-order chi connectivity index (χ0) is 10.7. The first kappa shape index (κ1) is 10.6. The molecular weight excluding hydrogens is 252 g/mol. The van der Waals surface area contributed by atoms with Crippen molar-refractivity contribution in [2.75, 3.05) is 6.54 Å². The lowest BCUT2D eigenvalue weighted by atomic mass is 10.1. The van der Waals surface area contributed by atoms with E-state index in [2.05, 4.69) is 39.1 Å². The molecule has 1 aromatic heterocycles. The van der Waals surface area contributed by atoms with Crippen molar-refractivity contribution in [3.8, 4) is 0 Å². The van der Waals surface area contributed by atoms with E-state index in [4.69, 9.17) is 5.73 Å². The number of halogens is 1. The van der Waals surface area contributed by atoms with Crippen LogP contribution in [0.15, 0.2) is 34.8 Å². The number of hydrogen-bond acceptors (Lipinski definition) is 2. The molecule has 0 unspecified atom stereocenters. The zero-order valence-corrected chi connectivity index (χ0v) is 10.00. The van der Waals surface area contributed by atoms with Crippen molar-refractivity contribution in [1.29, 1.82) is 0 Å². The molecule has 0 bridgehead atoms. The molecule has 0 saturated carbocycles. The van der Waals surface area contributed by atoms with E-state index in [0.29, 0.717) is 0 Å². The number of nitrogens with zero attached hydrogens (tertiary/aromatic N) is 1. The normalized spacial score (nSPS) is 10.8. The van der Waals surface area contributed by atoms with Gasteiger partial charge in [-0.25, -0.2) is 0 Å². The van der Waals surface area contributed by atoms with Crippen molar-refractivity contribution in [2.24, 2.45) is 5.73 Å². The molecule has 3 heteroatoms. The van der Waals surface area contributed by atoms with E-state index in [1.807, 2.05) is 12.1 Å². The van der Waals surface area contributed by atoms with Crippen LogP contribution < -0.4 is 5.73 Å². The third-order valence-electron chi connectivity index (χ3n) is 2.37. The first-order chi connectivity index (χ1) is 7.31. The highest BCUT2D eigenvalue weighted by Crippen LogP contribution is 2.22. The zero-order valence-electron chi connectivity index (χ0n) is 8.41. The first-order valence-electron chi connectivity index (χ1n) is 5.05. The molecule has 0 fully saturated rings. The molecule has 15 heavy (non-hydrogen) atoms. The Morgan fingerprint density at radius 3 is 2.87 bits per heavy atom. The highest BCUT2D eigenvalue weighted by Gasteiger charge is 2.01. The van der Waals surface area contributed by atoms with E-state index in [0.717, 1.165) is 35.1 Å². The Bertz CT molecular complexity index is 468. The summed E-state index contributed by atoms with van der Waals surface area (Å²) in [6.45, 7) is 0.718. The molecule has 0 aliphatic rings. The van der Waals surface area contributed by atoms with Crippen molar-refractivity contribution in [3.63, 3.8) is 0 Å². The second kappa shape index (κ2) is 4.73. The minimum absolute atomic E-state index is 0.718. The molecule has 2 nitrogen and oxygen atoms in total. The van der Waals surface area contributed by atoms with E-state index in [-0.39, 0.29) is 0 Å². The van der Waals surface area contributed by atoms with Crippen LogP contribution in [-0.2, 0) is 6.42 Å². The van der Waals surface area contributed by atoms with Gasteiger partial charge in [0.1, 0.15) is 0 Å². The van der Waals surface area contributed by atoms with Crippen LogP contribution in [0.4, 0.5) is 0 Å². The highest BCUT2D eigenvalue weighted by molar-refractivity contribution is 9.10. The first-order valence-corrected chi connectivity index (χ1v) is 5.85. The van der Waals surface area contributed by atoms with Gasteiger partial charge in [0.05, 0.1) is 5.52 Å². The molecule has 2 aromatic rings. The molecule has 0 atom stereocenters. The Balaban J connectivity index is 2.41. The number of nitrogens with two attached hydrogens (primary N) is 1. The summed E-state index contributed by atoms with van der Waals surface area (Å²) in [5.41, 5.74) is 7.63. The average molecular weight is 265 g/mol. The van der Waals surface area contributed by atoms with E-state index in [9.17, 15) is 0 Å². The SMILES string of the molecule is NCCCc1ccc2cccc(Br)c2n1. The van der Waals surface area contributed by atoms with Gasteiger partial charge in [-0.1, -0.05) is 18.2 Å². The second-order valence-electron chi connectivity index (χ2n) is 3.51. The molecule has 0 radical (unpaired) electrons. The number of benzene rings is 1. The second-order valence-corrected chi connectivity index (χ2v) is 4.36. The van der Waals surface area contributed by atoms with Crippen LogP contribution in [0, 0.1) is 0 Å². The molecule has 2 N–H and O–H groups in total. The van der Waals surface area contributed by atoms with Crippen LogP contribution in [0.2, 0.25) is 0 Å². The predicted octanol–water partition coefficient (Wildman–Crippen LogP) is 2.89. The summed E-state index contributed by atoms with van der Waals surface area (Å²) in [6, 6.07) is 10.3. The Labute approximate surface area is 97.6 Å². The molecule has 0 saturated heterocycles. The number of fused-ring (bicyclic) bond motifs is 1. The largest absolute Gasteiger partial charge is 0.330 e. The molecule has 0 spiro atoms. The van der Waals surface area contributed by atoms with Gasteiger partial charge in [0.15, 0.2) is 0 Å². The average Bonchev–Trinajstić information content (AvgIpc) is 2.27. The van der Waals surface area contributed by atoms with Gasteiger partial charge in [-0.2, -0.15) is 0 Å². The number of aryl methyl sites for hydroxylation is 1. The minimum Gasteiger partial charge on any atom is -0.330 e. The highest BCUT2D eigenvalue weighted by atomic mass is 79.9. The topological polar surface area (TPSA) is 38.9 Å². The van der Waals surface area contributed by atoms with E-state index in [1.54, 1.807) is 0 Å². The lowest BCUT2D eigenvalue weighted by Crippen LogP contribution is -2.01. The molecule has 1 heterocycles. The molecule has 0 amide bonds. The third kappa shape index (κ3) is 2.36. The fourth-order valence-electron chi connectivity index (χ4n) is 1.57. The third-order valence-corrected chi connectivity index (χ3v) is 3.01. The lowest BCUT2D eigenvalue weighted by Gasteiger charge is -2.03. The summed E-state index contributed by atoms with van der Waals surface area (Å²) < 4.78 is 1.05.